The van der Waals surface area contributed by atoms with Crippen molar-refractivity contribution >= 4 is 25.5 Å². The number of aliphatic hydroxyl groups is 2. The summed E-state index contributed by atoms with van der Waals surface area (Å²) in [7, 11) is -4.65. The van der Waals surface area contributed by atoms with E-state index in [9.17, 15) is 28.9 Å². The van der Waals surface area contributed by atoms with E-state index >= 15 is 0 Å². The zero-order valence-electron chi connectivity index (χ0n) is 33.4. The fourth-order valence-corrected chi connectivity index (χ4v) is 5.97. The van der Waals surface area contributed by atoms with Crippen LogP contribution in [0.4, 0.5) is 0 Å². The maximum absolute atomic E-state index is 12.6. The van der Waals surface area contributed by atoms with Crippen molar-refractivity contribution in [2.75, 3.05) is 26.4 Å². The smallest absolute Gasteiger partial charge is 0.462 e. The van der Waals surface area contributed by atoms with Crippen LogP contribution in [0.2, 0.25) is 0 Å². The summed E-state index contributed by atoms with van der Waals surface area (Å²) in [4.78, 5) is 46.9. The number of carbonyl (C=O) groups is 3. The van der Waals surface area contributed by atoms with E-state index in [1.54, 1.807) is 12.2 Å². The summed E-state index contributed by atoms with van der Waals surface area (Å²) in [6, 6.07) is 0. The molecule has 0 saturated carbocycles. The first-order valence-electron chi connectivity index (χ1n) is 20.5. The van der Waals surface area contributed by atoms with Crippen molar-refractivity contribution in [3.8, 4) is 0 Å². The van der Waals surface area contributed by atoms with E-state index in [-0.39, 0.29) is 25.2 Å². The van der Waals surface area contributed by atoms with Gasteiger partial charge in [0.2, 0.25) is 0 Å². The highest BCUT2D eigenvalue weighted by molar-refractivity contribution is 7.47. The third kappa shape index (κ3) is 36.6. The summed E-state index contributed by atoms with van der Waals surface area (Å²) < 4.78 is 32.5. The maximum Gasteiger partial charge on any atom is 0.472 e. The van der Waals surface area contributed by atoms with Gasteiger partial charge in [0.15, 0.2) is 11.9 Å². The molecule has 0 radical (unpaired) electrons. The Balaban J connectivity index is 4.45. The third-order valence-corrected chi connectivity index (χ3v) is 9.38. The molecule has 0 aliphatic rings. The molecule has 0 heterocycles. The number of hydrogen-bond donors (Lipinski definition) is 3. The highest BCUT2D eigenvalue weighted by Gasteiger charge is 2.27. The number of esters is 2. The molecule has 11 nitrogen and oxygen atoms in total. The van der Waals surface area contributed by atoms with Crippen molar-refractivity contribution in [1.82, 2.24) is 0 Å². The van der Waals surface area contributed by atoms with Crippen LogP contribution in [-0.4, -0.2) is 71.5 Å². The van der Waals surface area contributed by atoms with Crippen molar-refractivity contribution in [3.63, 3.8) is 0 Å². The highest BCUT2D eigenvalue weighted by Crippen LogP contribution is 2.43. The van der Waals surface area contributed by atoms with Gasteiger partial charge in [-0.25, -0.2) is 4.57 Å². The molecule has 0 fully saturated rings. The standard InChI is InChI=1S/C42H73O11P/c1-3-5-7-9-11-12-13-14-15-16-17-18-20-24-28-32-41(46)50-36-40(37-52-54(48,49)51-35-39(45)34-43)53-42(47)33-29-25-21-23-27-31-38(44)30-26-22-19-10-8-6-4-2/h11-12,14-15,19,22,26,30,39-40,43,45H,3-10,13,16-18,20-21,23-25,27-29,31-37H2,1-2H3,(H,48,49)/b12-11-,15-14-,22-19-,30-26+/t39-,40+/m0/s1. The molecule has 0 bridgehead atoms. The van der Waals surface area contributed by atoms with E-state index in [0.717, 1.165) is 83.5 Å². The van der Waals surface area contributed by atoms with E-state index in [2.05, 4.69) is 48.8 Å². The molecule has 0 aromatic carbocycles. The molecule has 1 unspecified atom stereocenters. The van der Waals surface area contributed by atoms with Crippen molar-refractivity contribution in [2.24, 2.45) is 0 Å². The minimum absolute atomic E-state index is 0.0959. The second-order valence-electron chi connectivity index (χ2n) is 13.7. The zero-order chi connectivity index (χ0) is 40.0. The number of unbranched alkanes of at least 4 members (excludes halogenated alkanes) is 15. The van der Waals surface area contributed by atoms with Gasteiger partial charge in [-0.15, -0.1) is 0 Å². The lowest BCUT2D eigenvalue weighted by molar-refractivity contribution is -0.161. The number of ketones is 1. The molecular weight excluding hydrogens is 711 g/mol. The topological polar surface area (TPSA) is 166 Å². The third-order valence-electron chi connectivity index (χ3n) is 8.43. The van der Waals surface area contributed by atoms with Crippen LogP contribution in [0.3, 0.4) is 0 Å². The molecule has 0 saturated heterocycles. The molecule has 312 valence electrons. The molecule has 12 heteroatoms. The Morgan fingerprint density at radius 1 is 0.611 bits per heavy atom. The van der Waals surface area contributed by atoms with E-state index in [1.807, 2.05) is 6.08 Å². The van der Waals surface area contributed by atoms with Crippen molar-refractivity contribution in [1.29, 1.82) is 0 Å². The van der Waals surface area contributed by atoms with Crippen LogP contribution in [0.5, 0.6) is 0 Å². The molecule has 3 N–H and O–H groups in total. The second-order valence-corrected chi connectivity index (χ2v) is 15.1. The first-order valence-corrected chi connectivity index (χ1v) is 22.0. The van der Waals surface area contributed by atoms with Gasteiger partial charge in [-0.3, -0.25) is 23.4 Å². The van der Waals surface area contributed by atoms with Gasteiger partial charge in [-0.2, -0.15) is 0 Å². The van der Waals surface area contributed by atoms with E-state index in [0.29, 0.717) is 19.3 Å². The van der Waals surface area contributed by atoms with Gasteiger partial charge in [-0.05, 0) is 70.3 Å². The number of phosphoric ester groups is 1. The molecule has 0 amide bonds. The van der Waals surface area contributed by atoms with Gasteiger partial charge < -0.3 is 24.6 Å². The number of hydrogen-bond acceptors (Lipinski definition) is 10. The summed E-state index contributed by atoms with van der Waals surface area (Å²) >= 11 is 0. The molecule has 0 aromatic rings. The molecule has 54 heavy (non-hydrogen) atoms. The normalized spacial score (nSPS) is 14.3. The predicted molar refractivity (Wildman–Crippen MR) is 215 cm³/mol. The van der Waals surface area contributed by atoms with Gasteiger partial charge in [0.25, 0.3) is 0 Å². The molecule has 0 rings (SSSR count). The van der Waals surface area contributed by atoms with Crippen LogP contribution in [0.15, 0.2) is 48.6 Å². The number of aliphatic hydroxyl groups excluding tert-OH is 2. The SMILES string of the molecule is CCCCC/C=C\C=C\C(=O)CCCCCCCC(=O)O[C@H](COC(=O)CCCCCCC/C=C\C/C=C\CCCCC)COP(=O)(O)OC[C@@H](O)CO. The number of allylic oxidation sites excluding steroid dienone is 8. The largest absolute Gasteiger partial charge is 0.472 e. The number of ether oxygens (including phenoxy) is 2. The Labute approximate surface area is 326 Å². The van der Waals surface area contributed by atoms with Crippen LogP contribution < -0.4 is 0 Å². The Bertz CT molecular complexity index is 1100. The quantitative estimate of drug-likeness (QED) is 0.0136. The Morgan fingerprint density at radius 2 is 1.13 bits per heavy atom. The summed E-state index contributed by atoms with van der Waals surface area (Å²) in [6.45, 7) is 2.13. The molecule has 3 atom stereocenters. The molecular formula is C42H73O11P. The summed E-state index contributed by atoms with van der Waals surface area (Å²) in [5.41, 5.74) is 0. The van der Waals surface area contributed by atoms with Crippen LogP contribution in [-0.2, 0) is 37.5 Å². The first kappa shape index (κ1) is 51.6. The Hall–Kier alpha value is -2.40. The summed E-state index contributed by atoms with van der Waals surface area (Å²) in [5, 5.41) is 18.3. The average molecular weight is 785 g/mol. The number of rotatable bonds is 38. The molecule has 0 aliphatic heterocycles. The fourth-order valence-electron chi connectivity index (χ4n) is 5.18. The van der Waals surface area contributed by atoms with E-state index < -0.39 is 51.8 Å². The maximum atomic E-state index is 12.6. The van der Waals surface area contributed by atoms with Crippen molar-refractivity contribution < 1.29 is 52.6 Å². The monoisotopic (exact) mass is 784 g/mol. The summed E-state index contributed by atoms with van der Waals surface area (Å²) in [5.74, 6) is -0.941. The minimum Gasteiger partial charge on any atom is -0.462 e. The van der Waals surface area contributed by atoms with Gasteiger partial charge >= 0.3 is 19.8 Å². The molecule has 0 aromatic heterocycles. The predicted octanol–water partition coefficient (Wildman–Crippen LogP) is 9.73. The number of phosphoric acid groups is 1. The van der Waals surface area contributed by atoms with Gasteiger partial charge in [0, 0.05) is 19.3 Å². The van der Waals surface area contributed by atoms with Crippen LogP contribution in [0, 0.1) is 0 Å². The van der Waals surface area contributed by atoms with Crippen molar-refractivity contribution in [3.05, 3.63) is 48.6 Å². The Morgan fingerprint density at radius 3 is 1.74 bits per heavy atom. The van der Waals surface area contributed by atoms with Gasteiger partial charge in [0.1, 0.15) is 12.7 Å². The average Bonchev–Trinajstić information content (AvgIpc) is 3.15. The van der Waals surface area contributed by atoms with Gasteiger partial charge in [-0.1, -0.05) is 121 Å². The fraction of sp³-hybridized carbons (Fsp3) is 0.738. The highest BCUT2D eigenvalue weighted by atomic mass is 31.2. The molecule has 0 spiro atoms. The lowest BCUT2D eigenvalue weighted by Crippen LogP contribution is -2.29. The van der Waals surface area contributed by atoms with E-state index in [4.69, 9.17) is 19.1 Å². The van der Waals surface area contributed by atoms with Gasteiger partial charge in [0.05, 0.1) is 19.8 Å². The minimum atomic E-state index is -4.65. The summed E-state index contributed by atoms with van der Waals surface area (Å²) in [6.07, 6.45) is 34.7. The second kappa shape index (κ2) is 37.5. The first-order chi connectivity index (χ1) is 26.1. The molecule has 0 aliphatic carbocycles. The van der Waals surface area contributed by atoms with Crippen LogP contribution in [0.1, 0.15) is 162 Å². The zero-order valence-corrected chi connectivity index (χ0v) is 34.3. The van der Waals surface area contributed by atoms with Crippen molar-refractivity contribution in [2.45, 2.75) is 174 Å². The van der Waals surface area contributed by atoms with Crippen LogP contribution >= 0.6 is 7.82 Å². The van der Waals surface area contributed by atoms with E-state index in [1.165, 1.54) is 32.1 Å². The number of carbonyl (C=O) groups excluding carboxylic acids is 3. The lowest BCUT2D eigenvalue weighted by Gasteiger charge is -2.20. The Kier molecular flexibility index (Phi) is 35.9. The van der Waals surface area contributed by atoms with Crippen LogP contribution in [0.25, 0.3) is 0 Å². The lowest BCUT2D eigenvalue weighted by atomic mass is 10.1.